The lowest BCUT2D eigenvalue weighted by atomic mass is 10.0. The van der Waals surface area contributed by atoms with Crippen LogP contribution >= 0.6 is 0 Å². The third kappa shape index (κ3) is 3.01. The molecule has 6 nitrogen and oxygen atoms in total. The van der Waals surface area contributed by atoms with Gasteiger partial charge in [-0.15, -0.1) is 0 Å². The van der Waals surface area contributed by atoms with Gasteiger partial charge in [-0.05, 0) is 26.3 Å². The molecule has 1 saturated heterocycles. The predicted molar refractivity (Wildman–Crippen MR) is 76.3 cm³/mol. The minimum Gasteiger partial charge on any atom is -0.487 e. The molecule has 0 amide bonds. The van der Waals surface area contributed by atoms with Crippen molar-refractivity contribution in [3.63, 3.8) is 0 Å². The predicted octanol–water partition coefficient (Wildman–Crippen LogP) is 2.20. The van der Waals surface area contributed by atoms with E-state index in [2.05, 4.69) is 4.90 Å². The molecule has 1 heterocycles. The Hall–Kier alpha value is -1.82. The van der Waals surface area contributed by atoms with Crippen molar-refractivity contribution < 1.29 is 14.8 Å². The molecule has 0 bridgehead atoms. The van der Waals surface area contributed by atoms with Crippen LogP contribution in [0.3, 0.4) is 0 Å². The number of nitro groups is 1. The smallest absolute Gasteiger partial charge is 0.311 e. The lowest BCUT2D eigenvalue weighted by Gasteiger charge is -2.20. The summed E-state index contributed by atoms with van der Waals surface area (Å²) in [6.45, 7) is 5.60. The summed E-state index contributed by atoms with van der Waals surface area (Å²) in [6, 6.07) is 4.94. The first-order chi connectivity index (χ1) is 9.52. The average molecular weight is 280 g/mol. The molecule has 0 radical (unpaired) electrons. The fourth-order valence-electron chi connectivity index (χ4n) is 2.54. The SMILES string of the molecule is CCOc1cc(N2CCC(C(C)O)C2)ccc1[N+](=O)[O-]. The molecular formula is C14H20N2O4. The number of rotatable bonds is 5. The molecule has 2 unspecified atom stereocenters. The summed E-state index contributed by atoms with van der Waals surface area (Å²) in [5.74, 6) is 0.552. The van der Waals surface area contributed by atoms with Crippen LogP contribution < -0.4 is 9.64 Å². The van der Waals surface area contributed by atoms with E-state index in [1.165, 1.54) is 6.07 Å². The lowest BCUT2D eigenvalue weighted by Crippen LogP contribution is -2.23. The molecule has 0 aromatic heterocycles. The molecule has 2 atom stereocenters. The van der Waals surface area contributed by atoms with E-state index in [0.29, 0.717) is 12.4 Å². The second-order valence-corrected chi connectivity index (χ2v) is 5.08. The van der Waals surface area contributed by atoms with Gasteiger partial charge in [0.25, 0.3) is 0 Å². The summed E-state index contributed by atoms with van der Waals surface area (Å²) in [6.07, 6.45) is 0.600. The van der Waals surface area contributed by atoms with Crippen LogP contribution in [-0.4, -0.2) is 35.8 Å². The van der Waals surface area contributed by atoms with Crippen molar-refractivity contribution in [1.82, 2.24) is 0 Å². The van der Waals surface area contributed by atoms with Gasteiger partial charge in [-0.1, -0.05) is 0 Å². The molecular weight excluding hydrogens is 260 g/mol. The van der Waals surface area contributed by atoms with Gasteiger partial charge in [0.05, 0.1) is 17.6 Å². The zero-order valence-corrected chi connectivity index (χ0v) is 11.8. The third-order valence-corrected chi connectivity index (χ3v) is 3.71. The van der Waals surface area contributed by atoms with Crippen molar-refractivity contribution in [3.05, 3.63) is 28.3 Å². The van der Waals surface area contributed by atoms with Gasteiger partial charge in [-0.2, -0.15) is 0 Å². The van der Waals surface area contributed by atoms with Gasteiger partial charge in [0.15, 0.2) is 5.75 Å². The Morgan fingerprint density at radius 1 is 1.60 bits per heavy atom. The van der Waals surface area contributed by atoms with Gasteiger partial charge in [0.2, 0.25) is 0 Å². The standard InChI is InChI=1S/C14H20N2O4/c1-3-20-14-8-12(4-5-13(14)16(18)19)15-7-6-11(9-15)10(2)17/h4-5,8,10-11,17H,3,6-7,9H2,1-2H3. The molecule has 1 N–H and O–H groups in total. The van der Waals surface area contributed by atoms with E-state index in [9.17, 15) is 15.2 Å². The zero-order valence-electron chi connectivity index (χ0n) is 11.8. The maximum Gasteiger partial charge on any atom is 0.311 e. The Bertz CT molecular complexity index is 490. The number of aliphatic hydroxyl groups is 1. The average Bonchev–Trinajstić information content (AvgIpc) is 2.88. The van der Waals surface area contributed by atoms with Gasteiger partial charge in [0, 0.05) is 36.8 Å². The number of anilines is 1. The van der Waals surface area contributed by atoms with Crippen LogP contribution in [0.25, 0.3) is 0 Å². The second-order valence-electron chi connectivity index (χ2n) is 5.08. The Kier molecular flexibility index (Phi) is 4.44. The normalized spacial score (nSPS) is 19.9. The molecule has 1 aromatic carbocycles. The van der Waals surface area contributed by atoms with Crippen molar-refractivity contribution in [2.24, 2.45) is 5.92 Å². The highest BCUT2D eigenvalue weighted by molar-refractivity contribution is 5.59. The lowest BCUT2D eigenvalue weighted by molar-refractivity contribution is -0.385. The first-order valence-corrected chi connectivity index (χ1v) is 6.87. The first kappa shape index (κ1) is 14.6. The van der Waals surface area contributed by atoms with Gasteiger partial charge in [0.1, 0.15) is 0 Å². The molecule has 0 spiro atoms. The number of hydrogen-bond acceptors (Lipinski definition) is 5. The van der Waals surface area contributed by atoms with Crippen LogP contribution in [0.1, 0.15) is 20.3 Å². The zero-order chi connectivity index (χ0) is 14.7. The Morgan fingerprint density at radius 2 is 2.35 bits per heavy atom. The third-order valence-electron chi connectivity index (χ3n) is 3.71. The quantitative estimate of drug-likeness (QED) is 0.661. The maximum atomic E-state index is 10.9. The number of ether oxygens (including phenoxy) is 1. The van der Waals surface area contributed by atoms with E-state index in [1.807, 2.05) is 0 Å². The molecule has 1 aromatic rings. The van der Waals surface area contributed by atoms with Gasteiger partial charge >= 0.3 is 5.69 Å². The Labute approximate surface area is 118 Å². The van der Waals surface area contributed by atoms with Crippen LogP contribution in [0.4, 0.5) is 11.4 Å². The van der Waals surface area contributed by atoms with Crippen molar-refractivity contribution in [1.29, 1.82) is 0 Å². The summed E-state index contributed by atoms with van der Waals surface area (Å²) in [5, 5.41) is 20.6. The molecule has 6 heteroatoms. The van der Waals surface area contributed by atoms with Crippen LogP contribution in [0.5, 0.6) is 5.75 Å². The van der Waals surface area contributed by atoms with E-state index >= 15 is 0 Å². The summed E-state index contributed by atoms with van der Waals surface area (Å²) < 4.78 is 5.36. The fraction of sp³-hybridized carbons (Fsp3) is 0.571. The van der Waals surface area contributed by atoms with Crippen LogP contribution in [0.2, 0.25) is 0 Å². The second kappa shape index (κ2) is 6.09. The Balaban J connectivity index is 2.21. The van der Waals surface area contributed by atoms with Crippen LogP contribution in [-0.2, 0) is 0 Å². The number of nitro benzene ring substituents is 1. The van der Waals surface area contributed by atoms with E-state index < -0.39 is 4.92 Å². The molecule has 110 valence electrons. The topological polar surface area (TPSA) is 75.8 Å². The van der Waals surface area contributed by atoms with Gasteiger partial charge in [-0.25, -0.2) is 0 Å². The van der Waals surface area contributed by atoms with Crippen molar-refractivity contribution in [2.45, 2.75) is 26.4 Å². The number of nitrogens with zero attached hydrogens (tertiary/aromatic N) is 2. The molecule has 20 heavy (non-hydrogen) atoms. The molecule has 1 aliphatic rings. The first-order valence-electron chi connectivity index (χ1n) is 6.87. The summed E-state index contributed by atoms with van der Waals surface area (Å²) in [4.78, 5) is 12.6. The molecule has 2 rings (SSSR count). The minimum atomic E-state index is -0.433. The highest BCUT2D eigenvalue weighted by Crippen LogP contribution is 2.34. The van der Waals surface area contributed by atoms with Crippen molar-refractivity contribution >= 4 is 11.4 Å². The fourth-order valence-corrected chi connectivity index (χ4v) is 2.54. The number of benzene rings is 1. The highest BCUT2D eigenvalue weighted by atomic mass is 16.6. The summed E-state index contributed by atoms with van der Waals surface area (Å²) in [5.41, 5.74) is 0.893. The molecule has 0 aliphatic carbocycles. The molecule has 0 saturated carbocycles. The van der Waals surface area contributed by atoms with E-state index in [4.69, 9.17) is 4.74 Å². The number of aliphatic hydroxyl groups excluding tert-OH is 1. The Morgan fingerprint density at radius 3 is 2.90 bits per heavy atom. The largest absolute Gasteiger partial charge is 0.487 e. The molecule has 1 fully saturated rings. The van der Waals surface area contributed by atoms with Crippen molar-refractivity contribution in [3.8, 4) is 5.75 Å². The van der Waals surface area contributed by atoms with E-state index in [-0.39, 0.29) is 17.7 Å². The van der Waals surface area contributed by atoms with Crippen LogP contribution in [0.15, 0.2) is 18.2 Å². The van der Waals surface area contributed by atoms with Gasteiger partial charge in [-0.3, -0.25) is 10.1 Å². The number of hydrogen-bond donors (Lipinski definition) is 1. The van der Waals surface area contributed by atoms with E-state index in [1.54, 1.807) is 26.0 Å². The highest BCUT2D eigenvalue weighted by Gasteiger charge is 2.27. The maximum absolute atomic E-state index is 10.9. The van der Waals surface area contributed by atoms with Gasteiger partial charge < -0.3 is 14.7 Å². The summed E-state index contributed by atoms with van der Waals surface area (Å²) >= 11 is 0. The van der Waals surface area contributed by atoms with E-state index in [0.717, 1.165) is 25.2 Å². The monoisotopic (exact) mass is 280 g/mol. The molecule has 1 aliphatic heterocycles. The van der Waals surface area contributed by atoms with Crippen molar-refractivity contribution in [2.75, 3.05) is 24.6 Å². The van der Waals surface area contributed by atoms with Crippen LogP contribution in [0, 0.1) is 16.0 Å². The minimum absolute atomic E-state index is 0.0122. The summed E-state index contributed by atoms with van der Waals surface area (Å²) in [7, 11) is 0.